The number of nitrogens with one attached hydrogen (secondary N) is 1. The van der Waals surface area contributed by atoms with E-state index in [1.54, 1.807) is 10.9 Å². The molecule has 10 heteroatoms. The molecule has 0 bridgehead atoms. The fourth-order valence-electron chi connectivity index (χ4n) is 2.42. The quantitative estimate of drug-likeness (QED) is 0.563. The lowest BCUT2D eigenvalue weighted by Gasteiger charge is -2.10. The summed E-state index contributed by atoms with van der Waals surface area (Å²) in [6, 6.07) is 11.8. The van der Waals surface area contributed by atoms with E-state index in [0.717, 1.165) is 11.3 Å². The maximum absolute atomic E-state index is 12.3. The Bertz CT molecular complexity index is 984. The van der Waals surface area contributed by atoms with Gasteiger partial charge in [-0.05, 0) is 36.8 Å². The van der Waals surface area contributed by atoms with Crippen molar-refractivity contribution >= 4 is 35.0 Å². The summed E-state index contributed by atoms with van der Waals surface area (Å²) < 4.78 is 30.6. The Balaban J connectivity index is 1.62. The first-order chi connectivity index (χ1) is 13.4. The number of hydrogen-bond acceptors (Lipinski definition) is 5. The number of halogens is 3. The topological polar surface area (TPSA) is 69.0 Å². The number of aromatic nitrogens is 3. The molecule has 0 aliphatic carbocycles. The van der Waals surface area contributed by atoms with Crippen LogP contribution in [0.3, 0.4) is 0 Å². The summed E-state index contributed by atoms with van der Waals surface area (Å²) in [7, 11) is 0. The van der Waals surface area contributed by atoms with Crippen LogP contribution in [-0.4, -0.2) is 33.0 Å². The van der Waals surface area contributed by atoms with E-state index in [9.17, 15) is 13.6 Å². The number of carbonyl (C=O) groups is 1. The zero-order valence-corrected chi connectivity index (χ0v) is 16.2. The molecule has 0 saturated carbocycles. The van der Waals surface area contributed by atoms with E-state index in [4.69, 9.17) is 11.6 Å². The third kappa shape index (κ3) is 4.99. The summed E-state index contributed by atoms with van der Waals surface area (Å²) in [5, 5.41) is 11.2. The van der Waals surface area contributed by atoms with Crippen LogP contribution in [0.25, 0.3) is 5.69 Å². The molecule has 6 nitrogen and oxygen atoms in total. The summed E-state index contributed by atoms with van der Waals surface area (Å²) >= 11 is 7.10. The normalized spacial score (nSPS) is 10.9. The summed E-state index contributed by atoms with van der Waals surface area (Å²) in [5.41, 5.74) is 2.35. The maximum Gasteiger partial charge on any atom is 0.387 e. The summed E-state index contributed by atoms with van der Waals surface area (Å²) in [6.45, 7) is -0.998. The number of benzene rings is 2. The van der Waals surface area contributed by atoms with E-state index in [0.29, 0.717) is 10.8 Å². The van der Waals surface area contributed by atoms with E-state index in [-0.39, 0.29) is 22.4 Å². The lowest BCUT2D eigenvalue weighted by Crippen LogP contribution is -2.14. The predicted molar refractivity (Wildman–Crippen MR) is 104 cm³/mol. The number of alkyl halides is 2. The van der Waals surface area contributed by atoms with E-state index in [1.165, 1.54) is 30.0 Å². The summed E-state index contributed by atoms with van der Waals surface area (Å²) in [5.74, 6) is -0.379. The highest BCUT2D eigenvalue weighted by atomic mass is 35.5. The van der Waals surface area contributed by atoms with Crippen molar-refractivity contribution in [1.82, 2.24) is 14.8 Å². The number of hydrogen-bond donors (Lipinski definition) is 1. The number of aryl methyl sites for hydroxylation is 1. The first-order valence-corrected chi connectivity index (χ1v) is 9.43. The third-order valence-electron chi connectivity index (χ3n) is 3.66. The van der Waals surface area contributed by atoms with Crippen LogP contribution in [0.2, 0.25) is 5.02 Å². The Morgan fingerprint density at radius 3 is 2.82 bits per heavy atom. The maximum atomic E-state index is 12.3. The molecule has 0 spiro atoms. The van der Waals surface area contributed by atoms with Crippen LogP contribution in [0.15, 0.2) is 53.9 Å². The van der Waals surface area contributed by atoms with Crippen molar-refractivity contribution in [2.75, 3.05) is 11.1 Å². The van der Waals surface area contributed by atoms with Gasteiger partial charge in [0.2, 0.25) is 5.91 Å². The van der Waals surface area contributed by atoms with Gasteiger partial charge in [-0.1, -0.05) is 41.6 Å². The Morgan fingerprint density at radius 2 is 2.11 bits per heavy atom. The van der Waals surface area contributed by atoms with E-state index < -0.39 is 6.61 Å². The highest BCUT2D eigenvalue weighted by Crippen LogP contribution is 2.29. The number of nitrogens with zero attached hydrogens (tertiary/aromatic N) is 3. The van der Waals surface area contributed by atoms with Crippen LogP contribution in [-0.2, 0) is 4.79 Å². The molecular weight excluding hydrogens is 410 g/mol. The van der Waals surface area contributed by atoms with Crippen LogP contribution >= 0.6 is 23.4 Å². The highest BCUT2D eigenvalue weighted by molar-refractivity contribution is 7.99. The first kappa shape index (κ1) is 20.1. The minimum Gasteiger partial charge on any atom is -0.433 e. The van der Waals surface area contributed by atoms with Gasteiger partial charge in [0, 0.05) is 5.69 Å². The van der Waals surface area contributed by atoms with Crippen molar-refractivity contribution in [1.29, 1.82) is 0 Å². The first-order valence-electron chi connectivity index (χ1n) is 8.07. The standard InChI is InChI=1S/C18H15ClF2N4O2S/c1-11-4-2-3-5-14(11)25-10-22-24-18(25)28-9-16(26)23-12-6-7-15(13(19)8-12)27-17(20)21/h2-8,10,17H,9H2,1H3,(H,23,26). The molecule has 3 rings (SSSR count). The second-order valence-electron chi connectivity index (χ2n) is 5.63. The lowest BCUT2D eigenvalue weighted by molar-refractivity contribution is -0.113. The average Bonchev–Trinajstić information content (AvgIpc) is 3.11. The largest absolute Gasteiger partial charge is 0.433 e. The number of anilines is 1. The van der Waals surface area contributed by atoms with Crippen molar-refractivity contribution < 1.29 is 18.3 Å². The number of rotatable bonds is 7. The molecule has 2 aromatic carbocycles. The number of thioether (sulfide) groups is 1. The number of para-hydroxylation sites is 1. The van der Waals surface area contributed by atoms with Crippen LogP contribution < -0.4 is 10.1 Å². The van der Waals surface area contributed by atoms with Crippen molar-refractivity contribution in [3.63, 3.8) is 0 Å². The Kier molecular flexibility index (Phi) is 6.48. The molecule has 0 atom stereocenters. The molecule has 28 heavy (non-hydrogen) atoms. The van der Waals surface area contributed by atoms with Gasteiger partial charge < -0.3 is 10.1 Å². The lowest BCUT2D eigenvalue weighted by atomic mass is 10.2. The monoisotopic (exact) mass is 424 g/mol. The van der Waals surface area contributed by atoms with Crippen LogP contribution in [0.5, 0.6) is 5.75 Å². The van der Waals surface area contributed by atoms with E-state index >= 15 is 0 Å². The SMILES string of the molecule is Cc1ccccc1-n1cnnc1SCC(=O)Nc1ccc(OC(F)F)c(Cl)c1. The molecule has 1 amide bonds. The molecule has 1 N–H and O–H groups in total. The second-order valence-corrected chi connectivity index (χ2v) is 6.98. The van der Waals surface area contributed by atoms with Crippen LogP contribution in [0.4, 0.5) is 14.5 Å². The van der Waals surface area contributed by atoms with Gasteiger partial charge in [0.05, 0.1) is 16.5 Å². The van der Waals surface area contributed by atoms with Gasteiger partial charge in [-0.25, -0.2) is 0 Å². The molecule has 0 aliphatic rings. The van der Waals surface area contributed by atoms with Gasteiger partial charge in [0.1, 0.15) is 12.1 Å². The molecule has 0 aliphatic heterocycles. The van der Waals surface area contributed by atoms with Crippen molar-refractivity contribution in [2.24, 2.45) is 0 Å². The van der Waals surface area contributed by atoms with E-state index in [2.05, 4.69) is 20.3 Å². The molecule has 0 fully saturated rings. The third-order valence-corrected chi connectivity index (χ3v) is 4.89. The zero-order chi connectivity index (χ0) is 20.1. The van der Waals surface area contributed by atoms with Crippen molar-refractivity contribution in [3.8, 4) is 11.4 Å². The fraction of sp³-hybridized carbons (Fsp3) is 0.167. The molecule has 0 saturated heterocycles. The average molecular weight is 425 g/mol. The molecule has 3 aromatic rings. The van der Waals surface area contributed by atoms with Gasteiger partial charge in [-0.2, -0.15) is 8.78 Å². The molecule has 0 radical (unpaired) electrons. The molecule has 1 aromatic heterocycles. The van der Waals surface area contributed by atoms with E-state index in [1.807, 2.05) is 31.2 Å². The van der Waals surface area contributed by atoms with Gasteiger partial charge in [0.15, 0.2) is 5.16 Å². The zero-order valence-electron chi connectivity index (χ0n) is 14.6. The Hall–Kier alpha value is -2.65. The van der Waals surface area contributed by atoms with Crippen molar-refractivity contribution in [2.45, 2.75) is 18.7 Å². The van der Waals surface area contributed by atoms with Gasteiger partial charge >= 0.3 is 6.61 Å². The van der Waals surface area contributed by atoms with Crippen LogP contribution in [0, 0.1) is 6.92 Å². The van der Waals surface area contributed by atoms with Gasteiger partial charge in [0.25, 0.3) is 0 Å². The minimum atomic E-state index is -2.97. The molecule has 146 valence electrons. The van der Waals surface area contributed by atoms with Gasteiger partial charge in [-0.15, -0.1) is 10.2 Å². The van der Waals surface area contributed by atoms with Crippen LogP contribution in [0.1, 0.15) is 5.56 Å². The number of ether oxygens (including phenoxy) is 1. The highest BCUT2D eigenvalue weighted by Gasteiger charge is 2.13. The smallest absolute Gasteiger partial charge is 0.387 e. The summed E-state index contributed by atoms with van der Waals surface area (Å²) in [4.78, 5) is 12.2. The fourth-order valence-corrected chi connectivity index (χ4v) is 3.37. The number of carbonyl (C=O) groups excluding carboxylic acids is 1. The molecular formula is C18H15ClF2N4O2S. The molecule has 0 unspecified atom stereocenters. The van der Waals surface area contributed by atoms with Crippen molar-refractivity contribution in [3.05, 3.63) is 59.4 Å². The Morgan fingerprint density at radius 1 is 1.32 bits per heavy atom. The Labute approximate surface area is 168 Å². The molecule has 1 heterocycles. The van der Waals surface area contributed by atoms with Gasteiger partial charge in [-0.3, -0.25) is 9.36 Å². The predicted octanol–water partition coefficient (Wildman–Crippen LogP) is 4.56. The second kappa shape index (κ2) is 9.03. The minimum absolute atomic E-state index is 0.0231. The summed E-state index contributed by atoms with van der Waals surface area (Å²) in [6.07, 6.45) is 1.59. The number of amides is 1.